The van der Waals surface area contributed by atoms with E-state index >= 15 is 0 Å². The molecule has 120 valence electrons. The summed E-state index contributed by atoms with van der Waals surface area (Å²) >= 11 is 0. The van der Waals surface area contributed by atoms with Crippen LogP contribution in [-0.2, 0) is 16.1 Å². The number of halogens is 3. The van der Waals surface area contributed by atoms with Crippen molar-refractivity contribution in [3.8, 4) is 0 Å². The van der Waals surface area contributed by atoms with Gasteiger partial charge in [0.15, 0.2) is 0 Å². The Hall–Kier alpha value is -2.05. The third kappa shape index (κ3) is 4.47. The van der Waals surface area contributed by atoms with Gasteiger partial charge in [0, 0.05) is 19.5 Å². The van der Waals surface area contributed by atoms with Gasteiger partial charge in [0.2, 0.25) is 11.8 Å². The number of nitrogens with zero attached hydrogens (tertiary/aromatic N) is 1. The molecule has 1 heterocycles. The molecule has 1 aliphatic rings. The van der Waals surface area contributed by atoms with Crippen LogP contribution in [0.5, 0.6) is 0 Å². The molecular formula is C15H17F3N2O2. The van der Waals surface area contributed by atoms with E-state index in [2.05, 4.69) is 5.32 Å². The second kappa shape index (κ2) is 6.37. The summed E-state index contributed by atoms with van der Waals surface area (Å²) in [5, 5.41) is 2.67. The smallest absolute Gasteiger partial charge is 0.352 e. The van der Waals surface area contributed by atoms with Crippen LogP contribution in [-0.4, -0.2) is 36.0 Å². The Labute approximate surface area is 126 Å². The van der Waals surface area contributed by atoms with Gasteiger partial charge in [-0.05, 0) is 12.5 Å². The number of amides is 2. The highest BCUT2D eigenvalue weighted by Gasteiger charge is 2.40. The standard InChI is InChI=1S/C15H17F3N2O2/c1-10-2-4-11(5-3-10)7-19-14(22)12-6-13(21)20(8-12)9-15(16,17)18/h2-5,12H,6-9H2,1H3,(H,19,22)/t12-/m1/s1. The first-order valence-electron chi connectivity index (χ1n) is 6.92. The molecule has 0 saturated carbocycles. The van der Waals surface area contributed by atoms with Crippen LogP contribution in [0.2, 0.25) is 0 Å². The fraction of sp³-hybridized carbons (Fsp3) is 0.467. The van der Waals surface area contributed by atoms with Crippen molar-refractivity contribution in [2.45, 2.75) is 26.1 Å². The molecule has 0 spiro atoms. The molecule has 1 aromatic carbocycles. The normalized spacial score (nSPS) is 18.6. The van der Waals surface area contributed by atoms with E-state index in [1.807, 2.05) is 31.2 Å². The Bertz CT molecular complexity index is 555. The van der Waals surface area contributed by atoms with Crippen LogP contribution in [0.25, 0.3) is 0 Å². The third-order valence-corrected chi connectivity index (χ3v) is 3.54. The number of carbonyl (C=O) groups is 2. The topological polar surface area (TPSA) is 49.4 Å². The number of aryl methyl sites for hydroxylation is 1. The van der Waals surface area contributed by atoms with Crippen molar-refractivity contribution in [1.29, 1.82) is 0 Å². The Kier molecular flexibility index (Phi) is 4.73. The average molecular weight is 314 g/mol. The zero-order valence-electron chi connectivity index (χ0n) is 12.1. The average Bonchev–Trinajstić information content (AvgIpc) is 2.77. The van der Waals surface area contributed by atoms with Gasteiger partial charge in [-0.25, -0.2) is 0 Å². The maximum absolute atomic E-state index is 12.3. The number of rotatable bonds is 4. The van der Waals surface area contributed by atoms with Crippen molar-refractivity contribution in [3.63, 3.8) is 0 Å². The molecule has 7 heteroatoms. The summed E-state index contributed by atoms with van der Waals surface area (Å²) in [5.41, 5.74) is 2.00. The summed E-state index contributed by atoms with van der Waals surface area (Å²) in [4.78, 5) is 24.2. The van der Waals surface area contributed by atoms with Crippen LogP contribution in [0.3, 0.4) is 0 Å². The Morgan fingerprint density at radius 2 is 1.95 bits per heavy atom. The van der Waals surface area contributed by atoms with Crippen molar-refractivity contribution in [2.75, 3.05) is 13.1 Å². The highest BCUT2D eigenvalue weighted by atomic mass is 19.4. The second-order valence-electron chi connectivity index (χ2n) is 5.49. The number of likely N-dealkylation sites (tertiary alicyclic amines) is 1. The molecule has 0 aromatic heterocycles. The first-order chi connectivity index (χ1) is 10.2. The summed E-state index contributed by atoms with van der Waals surface area (Å²) in [6, 6.07) is 7.55. The molecule has 0 aliphatic carbocycles. The minimum atomic E-state index is -4.44. The minimum absolute atomic E-state index is 0.171. The van der Waals surface area contributed by atoms with Crippen LogP contribution in [0.1, 0.15) is 17.5 Å². The van der Waals surface area contributed by atoms with E-state index in [1.165, 1.54) is 0 Å². The number of hydrogen-bond donors (Lipinski definition) is 1. The van der Waals surface area contributed by atoms with Crippen LogP contribution in [0.4, 0.5) is 13.2 Å². The van der Waals surface area contributed by atoms with Crippen molar-refractivity contribution in [1.82, 2.24) is 10.2 Å². The number of nitrogens with one attached hydrogen (secondary N) is 1. The van der Waals surface area contributed by atoms with Gasteiger partial charge in [0.1, 0.15) is 6.54 Å². The Morgan fingerprint density at radius 1 is 1.32 bits per heavy atom. The molecule has 1 aliphatic heterocycles. The molecule has 1 fully saturated rings. The van der Waals surface area contributed by atoms with E-state index in [4.69, 9.17) is 0 Å². The molecule has 1 N–H and O–H groups in total. The van der Waals surface area contributed by atoms with E-state index in [-0.39, 0.29) is 13.0 Å². The van der Waals surface area contributed by atoms with Gasteiger partial charge in [0.25, 0.3) is 0 Å². The first-order valence-corrected chi connectivity index (χ1v) is 6.92. The minimum Gasteiger partial charge on any atom is -0.352 e. The maximum atomic E-state index is 12.3. The summed E-state index contributed by atoms with van der Waals surface area (Å²) in [6.07, 6.45) is -4.61. The van der Waals surface area contributed by atoms with Crippen LogP contribution >= 0.6 is 0 Å². The Balaban J connectivity index is 1.86. The van der Waals surface area contributed by atoms with Crippen molar-refractivity contribution in [3.05, 3.63) is 35.4 Å². The summed E-state index contributed by atoms with van der Waals surface area (Å²) in [7, 11) is 0. The van der Waals surface area contributed by atoms with E-state index in [0.717, 1.165) is 11.1 Å². The molecule has 22 heavy (non-hydrogen) atoms. The molecule has 2 rings (SSSR count). The van der Waals surface area contributed by atoms with Crippen molar-refractivity contribution < 1.29 is 22.8 Å². The molecular weight excluding hydrogens is 297 g/mol. The monoisotopic (exact) mass is 314 g/mol. The van der Waals surface area contributed by atoms with Crippen molar-refractivity contribution >= 4 is 11.8 Å². The number of benzene rings is 1. The molecule has 0 bridgehead atoms. The number of carbonyl (C=O) groups excluding carboxylic acids is 2. The lowest BCUT2D eigenvalue weighted by Gasteiger charge is -2.18. The SMILES string of the molecule is Cc1ccc(CNC(=O)[C@@H]2CC(=O)N(CC(F)(F)F)C2)cc1. The number of hydrogen-bond acceptors (Lipinski definition) is 2. The predicted molar refractivity (Wildman–Crippen MR) is 73.8 cm³/mol. The van der Waals surface area contributed by atoms with Gasteiger partial charge < -0.3 is 10.2 Å². The van der Waals surface area contributed by atoms with Gasteiger partial charge in [-0.3, -0.25) is 9.59 Å². The van der Waals surface area contributed by atoms with Gasteiger partial charge in [-0.1, -0.05) is 29.8 Å². The Morgan fingerprint density at radius 3 is 2.55 bits per heavy atom. The van der Waals surface area contributed by atoms with Gasteiger partial charge >= 0.3 is 6.18 Å². The highest BCUT2D eigenvalue weighted by molar-refractivity contribution is 5.89. The van der Waals surface area contributed by atoms with E-state index in [0.29, 0.717) is 11.4 Å². The van der Waals surface area contributed by atoms with Gasteiger partial charge in [-0.15, -0.1) is 0 Å². The van der Waals surface area contributed by atoms with E-state index in [9.17, 15) is 22.8 Å². The van der Waals surface area contributed by atoms with E-state index < -0.39 is 30.5 Å². The molecule has 1 atom stereocenters. The zero-order chi connectivity index (χ0) is 16.3. The van der Waals surface area contributed by atoms with Crippen LogP contribution < -0.4 is 5.32 Å². The molecule has 0 radical (unpaired) electrons. The highest BCUT2D eigenvalue weighted by Crippen LogP contribution is 2.24. The lowest BCUT2D eigenvalue weighted by Crippen LogP contribution is -2.37. The number of alkyl halides is 3. The van der Waals surface area contributed by atoms with Crippen LogP contribution in [0, 0.1) is 12.8 Å². The lowest BCUT2D eigenvalue weighted by molar-refractivity contribution is -0.157. The maximum Gasteiger partial charge on any atom is 0.406 e. The lowest BCUT2D eigenvalue weighted by atomic mass is 10.1. The summed E-state index contributed by atoms with van der Waals surface area (Å²) in [5.74, 6) is -1.74. The largest absolute Gasteiger partial charge is 0.406 e. The van der Waals surface area contributed by atoms with Crippen molar-refractivity contribution in [2.24, 2.45) is 5.92 Å². The quantitative estimate of drug-likeness (QED) is 0.924. The molecule has 1 saturated heterocycles. The molecule has 4 nitrogen and oxygen atoms in total. The summed E-state index contributed by atoms with van der Waals surface area (Å²) in [6.45, 7) is 0.760. The molecule has 0 unspecified atom stereocenters. The van der Waals surface area contributed by atoms with Gasteiger partial charge in [0.05, 0.1) is 5.92 Å². The predicted octanol–water partition coefficient (Wildman–Crippen LogP) is 2.02. The summed E-state index contributed by atoms with van der Waals surface area (Å²) < 4.78 is 36.9. The zero-order valence-corrected chi connectivity index (χ0v) is 12.1. The van der Waals surface area contributed by atoms with Crippen LogP contribution in [0.15, 0.2) is 24.3 Å². The first kappa shape index (κ1) is 16.3. The third-order valence-electron chi connectivity index (χ3n) is 3.54. The van der Waals surface area contributed by atoms with E-state index in [1.54, 1.807) is 0 Å². The van der Waals surface area contributed by atoms with Gasteiger partial charge in [-0.2, -0.15) is 13.2 Å². The molecule has 1 aromatic rings. The fourth-order valence-electron chi connectivity index (χ4n) is 2.36. The fourth-order valence-corrected chi connectivity index (χ4v) is 2.36. The molecule has 2 amide bonds. The second-order valence-corrected chi connectivity index (χ2v) is 5.49.